The Bertz CT molecular complexity index is 2880. The largest absolute Gasteiger partial charge is 0.0654 e. The zero-order valence-corrected chi connectivity index (χ0v) is 53.5. The van der Waals surface area contributed by atoms with Crippen LogP contribution in [0.15, 0.2) is 109 Å². The molecule has 6 aromatic rings. The van der Waals surface area contributed by atoms with Gasteiger partial charge in [-0.25, -0.2) is 0 Å². The highest BCUT2D eigenvalue weighted by Gasteiger charge is 2.45. The Labute approximate surface area is 497 Å². The molecule has 0 aromatic heterocycles. The van der Waals surface area contributed by atoms with Gasteiger partial charge in [0.1, 0.15) is 0 Å². The van der Waals surface area contributed by atoms with Crippen LogP contribution in [0.2, 0.25) is 0 Å². The number of fused-ring (bicyclic) bond motifs is 9. The topological polar surface area (TPSA) is 0 Å². The van der Waals surface area contributed by atoms with Crippen LogP contribution in [0.4, 0.5) is 0 Å². The van der Waals surface area contributed by atoms with Crippen LogP contribution in [-0.4, -0.2) is 0 Å². The van der Waals surface area contributed by atoms with Gasteiger partial charge in [-0.15, -0.1) is 0 Å². The van der Waals surface area contributed by atoms with Crippen LogP contribution >= 0.6 is 0 Å². The van der Waals surface area contributed by atoms with Crippen molar-refractivity contribution in [2.45, 2.75) is 291 Å². The summed E-state index contributed by atoms with van der Waals surface area (Å²) in [5.41, 5.74) is 27.9. The van der Waals surface area contributed by atoms with Crippen molar-refractivity contribution in [3.63, 3.8) is 0 Å². The van der Waals surface area contributed by atoms with Crippen molar-refractivity contribution < 1.29 is 0 Å². The monoisotopic (exact) mass is 1080 g/mol. The van der Waals surface area contributed by atoms with E-state index in [0.717, 1.165) is 12.8 Å². The summed E-state index contributed by atoms with van der Waals surface area (Å²) in [6.45, 7) is 23.2. The van der Waals surface area contributed by atoms with E-state index in [4.69, 9.17) is 0 Å². The Morgan fingerprint density at radius 1 is 0.235 bits per heavy atom. The molecule has 0 N–H and O–H groups in total. The first kappa shape index (κ1) is 62.4. The molecule has 0 heteroatoms. The van der Waals surface area contributed by atoms with Gasteiger partial charge >= 0.3 is 0 Å². The maximum Gasteiger partial charge on any atom is 0.0215 e. The van der Waals surface area contributed by atoms with E-state index < -0.39 is 0 Å². The quantitative estimate of drug-likeness (QED) is 0.0360. The van der Waals surface area contributed by atoms with E-state index in [1.165, 1.54) is 259 Å². The van der Waals surface area contributed by atoms with Crippen molar-refractivity contribution in [2.24, 2.45) is 0 Å². The molecule has 0 radical (unpaired) electrons. The van der Waals surface area contributed by atoms with Crippen LogP contribution < -0.4 is 0 Å². The van der Waals surface area contributed by atoms with Crippen LogP contribution in [0.1, 0.15) is 304 Å². The highest BCUT2D eigenvalue weighted by Crippen LogP contribution is 2.59. The first-order valence-corrected chi connectivity index (χ1v) is 34.4. The van der Waals surface area contributed by atoms with E-state index in [0.29, 0.717) is 0 Å². The van der Waals surface area contributed by atoms with E-state index in [1.807, 2.05) is 0 Å². The van der Waals surface area contributed by atoms with Crippen molar-refractivity contribution in [2.75, 3.05) is 0 Å². The zero-order valence-electron chi connectivity index (χ0n) is 53.5. The highest BCUT2D eigenvalue weighted by atomic mass is 14.5. The molecule has 0 aliphatic heterocycles. The molecule has 0 spiro atoms. The molecular weight excluding hydrogens is 973 g/mol. The van der Waals surface area contributed by atoms with Gasteiger partial charge in [-0.05, 0) is 166 Å². The summed E-state index contributed by atoms with van der Waals surface area (Å²) in [6.07, 6.45) is 41.9. The molecule has 0 saturated carbocycles. The minimum absolute atomic E-state index is 0.111. The average Bonchev–Trinajstić information content (AvgIpc) is 3.63. The molecule has 3 aliphatic carbocycles. The van der Waals surface area contributed by atoms with Crippen molar-refractivity contribution in [1.82, 2.24) is 0 Å². The van der Waals surface area contributed by atoms with Crippen LogP contribution in [0, 0.1) is 13.8 Å². The molecule has 9 rings (SSSR count). The number of hydrogen-bond acceptors (Lipinski definition) is 0. The Hall–Kier alpha value is -4.68. The molecule has 0 fully saturated rings. The minimum Gasteiger partial charge on any atom is -0.0654 e. The van der Waals surface area contributed by atoms with Gasteiger partial charge in [0.2, 0.25) is 0 Å². The average molecular weight is 1090 g/mol. The Balaban J connectivity index is 0.000000258. The molecule has 0 unspecified atom stereocenters. The smallest absolute Gasteiger partial charge is 0.0215 e. The number of hydrogen-bond donors (Lipinski definition) is 0. The first-order chi connectivity index (χ1) is 39.6. The molecule has 0 saturated heterocycles. The lowest BCUT2D eigenvalue weighted by atomic mass is 9.69. The summed E-state index contributed by atoms with van der Waals surface area (Å²) in [6, 6.07) is 44.7. The SMILES string of the molecule is CCCCCCC1(CCCCCC)c2cc(C)ccc2-c2ccc(-c3ccc4c(c3)C(CCCCCC)(CCCCCC)c3cc(CC)ccc3-4)cc21.CCCCCCC1(CCCCCC)c2cc(C)ccc2-c2ccc(CC)cc21. The second-order valence-corrected chi connectivity index (χ2v) is 26.2. The van der Waals surface area contributed by atoms with Crippen LogP contribution in [-0.2, 0) is 29.1 Å². The van der Waals surface area contributed by atoms with Crippen molar-refractivity contribution in [3.8, 4) is 44.5 Å². The third-order valence-electron chi connectivity index (χ3n) is 20.4. The minimum atomic E-state index is 0.111. The summed E-state index contributed by atoms with van der Waals surface area (Å²) in [4.78, 5) is 0. The first-order valence-electron chi connectivity index (χ1n) is 34.4. The lowest BCUT2D eigenvalue weighted by Crippen LogP contribution is -2.26. The third kappa shape index (κ3) is 13.8. The highest BCUT2D eigenvalue weighted by molar-refractivity contribution is 5.87. The van der Waals surface area contributed by atoms with E-state index >= 15 is 0 Å². The predicted molar refractivity (Wildman–Crippen MR) is 358 cm³/mol. The normalized spacial score (nSPS) is 14.4. The maximum atomic E-state index is 2.68. The Kier molecular flexibility index (Phi) is 23.3. The van der Waals surface area contributed by atoms with Gasteiger partial charge in [0.05, 0.1) is 0 Å². The molecular formula is C81H112. The Morgan fingerprint density at radius 3 is 0.728 bits per heavy atom. The second kappa shape index (κ2) is 30.2. The summed E-state index contributed by atoms with van der Waals surface area (Å²) < 4.78 is 0. The van der Waals surface area contributed by atoms with Gasteiger partial charge < -0.3 is 0 Å². The lowest BCUT2D eigenvalue weighted by molar-refractivity contribution is 0.400. The van der Waals surface area contributed by atoms with Gasteiger partial charge in [-0.3, -0.25) is 0 Å². The Morgan fingerprint density at radius 2 is 0.469 bits per heavy atom. The number of unbranched alkanes of at least 4 members (excludes halogenated alkanes) is 18. The molecule has 436 valence electrons. The molecule has 0 bridgehead atoms. The molecule has 3 aliphatic rings. The van der Waals surface area contributed by atoms with Crippen molar-refractivity contribution in [1.29, 1.82) is 0 Å². The molecule has 0 heterocycles. The fourth-order valence-electron chi connectivity index (χ4n) is 15.7. The summed E-state index contributed by atoms with van der Waals surface area (Å²) in [7, 11) is 0. The van der Waals surface area contributed by atoms with E-state index in [2.05, 4.69) is 178 Å². The van der Waals surface area contributed by atoms with Crippen molar-refractivity contribution in [3.05, 3.63) is 165 Å². The van der Waals surface area contributed by atoms with E-state index in [1.54, 1.807) is 33.4 Å². The van der Waals surface area contributed by atoms with Gasteiger partial charge in [0.25, 0.3) is 0 Å². The molecule has 0 amide bonds. The second-order valence-electron chi connectivity index (χ2n) is 26.2. The number of rotatable bonds is 33. The van der Waals surface area contributed by atoms with Crippen LogP contribution in [0.25, 0.3) is 44.5 Å². The van der Waals surface area contributed by atoms with Crippen LogP contribution in [0.3, 0.4) is 0 Å². The summed E-state index contributed by atoms with van der Waals surface area (Å²) in [5, 5.41) is 0. The van der Waals surface area contributed by atoms with Crippen LogP contribution in [0.5, 0.6) is 0 Å². The summed E-state index contributed by atoms with van der Waals surface area (Å²) in [5.74, 6) is 0. The fraction of sp³-hybridized carbons (Fsp3) is 0.556. The predicted octanol–water partition coefficient (Wildman–Crippen LogP) is 25.4. The lowest BCUT2D eigenvalue weighted by Gasteiger charge is -2.34. The van der Waals surface area contributed by atoms with Gasteiger partial charge in [-0.2, -0.15) is 0 Å². The van der Waals surface area contributed by atoms with Gasteiger partial charge in [-0.1, -0.05) is 318 Å². The molecule has 0 nitrogen and oxygen atoms in total. The zero-order chi connectivity index (χ0) is 57.2. The molecule has 81 heavy (non-hydrogen) atoms. The van der Waals surface area contributed by atoms with Gasteiger partial charge in [0, 0.05) is 16.2 Å². The molecule has 0 atom stereocenters. The standard InChI is InChI=1S/C53H72.C28H40/c1-7-12-16-20-32-52(33-21-17-13-8-2)48-36-40(6)24-28-44(48)46-30-26-42(38-50(46)52)43-27-31-47-45-29-25-41(11-5)37-49(45)53(51(47)39-43,34-22-18-14-9-3)35-23-19-15-10-4;1-5-8-10-12-18-28(19-13-11-9-6-2)26-20-22(4)14-16-24(26)25-17-15-23(7-3)21-27(25)28/h24-31,36-39H,7-23,32-35H2,1-6H3;14-17,20-21H,5-13,18-19H2,1-4H3. The van der Waals surface area contributed by atoms with E-state index in [-0.39, 0.29) is 16.2 Å². The summed E-state index contributed by atoms with van der Waals surface area (Å²) >= 11 is 0. The maximum absolute atomic E-state index is 2.68. The number of benzene rings is 6. The third-order valence-corrected chi connectivity index (χ3v) is 20.4. The fourth-order valence-corrected chi connectivity index (χ4v) is 15.7. The van der Waals surface area contributed by atoms with E-state index in [9.17, 15) is 0 Å². The van der Waals surface area contributed by atoms with Gasteiger partial charge in [0.15, 0.2) is 0 Å². The van der Waals surface area contributed by atoms with Crippen molar-refractivity contribution >= 4 is 0 Å². The number of aryl methyl sites for hydroxylation is 4. The molecule has 6 aromatic carbocycles.